The molecule has 17 heavy (non-hydrogen) atoms. The first-order chi connectivity index (χ1) is 7.71. The molecule has 100 valence electrons. The summed E-state index contributed by atoms with van der Waals surface area (Å²) in [5, 5.41) is 11.9. The molecule has 0 spiro atoms. The Kier molecular flexibility index (Phi) is 5.95. The minimum atomic E-state index is -1.11. The first-order valence-corrected chi connectivity index (χ1v) is 5.46. The van der Waals surface area contributed by atoms with E-state index in [1.807, 2.05) is 0 Å². The van der Waals surface area contributed by atoms with Crippen LogP contribution < -0.4 is 5.32 Å². The molecular weight excluding hydrogens is 226 g/mol. The summed E-state index contributed by atoms with van der Waals surface area (Å²) in [7, 11) is 1.19. The Morgan fingerprint density at radius 3 is 2.24 bits per heavy atom. The van der Waals surface area contributed by atoms with Crippen molar-refractivity contribution in [3.63, 3.8) is 0 Å². The molecule has 0 fully saturated rings. The van der Waals surface area contributed by atoms with Gasteiger partial charge >= 0.3 is 12.1 Å². The number of rotatable bonds is 4. The summed E-state index contributed by atoms with van der Waals surface area (Å²) < 4.78 is 9.49. The minimum absolute atomic E-state index is 0.315. The highest BCUT2D eigenvalue weighted by molar-refractivity contribution is 5.81. The van der Waals surface area contributed by atoms with Crippen molar-refractivity contribution in [3.05, 3.63) is 0 Å². The van der Waals surface area contributed by atoms with Crippen molar-refractivity contribution in [2.24, 2.45) is 0 Å². The van der Waals surface area contributed by atoms with Gasteiger partial charge in [-0.05, 0) is 27.2 Å². The average Bonchev–Trinajstić information content (AvgIpc) is 2.21. The number of alkyl carbamates (subject to hydrolysis) is 1. The van der Waals surface area contributed by atoms with Crippen molar-refractivity contribution in [1.29, 1.82) is 0 Å². The molecule has 2 N–H and O–H groups in total. The predicted molar refractivity (Wildman–Crippen MR) is 61.5 cm³/mol. The summed E-state index contributed by atoms with van der Waals surface area (Å²) in [5.41, 5.74) is -0.665. The minimum Gasteiger partial charge on any atom is -0.467 e. The summed E-state index contributed by atoms with van der Waals surface area (Å²) in [5.74, 6) is -0.704. The average molecular weight is 247 g/mol. The van der Waals surface area contributed by atoms with Crippen LogP contribution in [0.25, 0.3) is 0 Å². The van der Waals surface area contributed by atoms with Crippen molar-refractivity contribution in [2.45, 2.75) is 51.9 Å². The van der Waals surface area contributed by atoms with Crippen LogP contribution in [0.15, 0.2) is 0 Å². The number of hydrogen-bond acceptors (Lipinski definition) is 5. The molecule has 0 heterocycles. The molecule has 2 atom stereocenters. The molecular formula is C11H21NO5. The number of esters is 1. The zero-order chi connectivity index (χ0) is 13.6. The van der Waals surface area contributed by atoms with Crippen molar-refractivity contribution in [2.75, 3.05) is 7.11 Å². The Morgan fingerprint density at radius 2 is 1.88 bits per heavy atom. The van der Waals surface area contributed by atoms with E-state index in [-0.39, 0.29) is 0 Å². The van der Waals surface area contributed by atoms with E-state index in [1.54, 1.807) is 27.7 Å². The number of amides is 1. The van der Waals surface area contributed by atoms with Gasteiger partial charge in [0, 0.05) is 0 Å². The highest BCUT2D eigenvalue weighted by atomic mass is 16.6. The SMILES string of the molecule is CCC(O)C(NC(=O)OC(C)(C)C)C(=O)OC. The number of aliphatic hydroxyl groups is 1. The zero-order valence-corrected chi connectivity index (χ0v) is 10.9. The van der Waals surface area contributed by atoms with Crippen LogP contribution in [0, 0.1) is 0 Å². The second-order valence-corrected chi connectivity index (χ2v) is 4.62. The van der Waals surface area contributed by atoms with E-state index < -0.39 is 29.8 Å². The second-order valence-electron chi connectivity index (χ2n) is 4.62. The quantitative estimate of drug-likeness (QED) is 0.718. The predicted octanol–water partition coefficient (Wildman–Crippen LogP) is 0.824. The normalized spacial score (nSPS) is 14.7. The van der Waals surface area contributed by atoms with E-state index in [1.165, 1.54) is 7.11 Å². The van der Waals surface area contributed by atoms with Gasteiger partial charge in [0.15, 0.2) is 6.04 Å². The molecule has 0 saturated carbocycles. The van der Waals surface area contributed by atoms with E-state index >= 15 is 0 Å². The molecule has 6 nitrogen and oxygen atoms in total. The molecule has 0 aliphatic carbocycles. The highest BCUT2D eigenvalue weighted by Crippen LogP contribution is 2.08. The van der Waals surface area contributed by atoms with Gasteiger partial charge < -0.3 is 19.9 Å². The molecule has 0 saturated heterocycles. The third-order valence-electron chi connectivity index (χ3n) is 1.93. The summed E-state index contributed by atoms with van der Waals surface area (Å²) in [6, 6.07) is -1.11. The molecule has 0 radical (unpaired) electrons. The monoisotopic (exact) mass is 247 g/mol. The molecule has 0 bridgehead atoms. The molecule has 2 unspecified atom stereocenters. The summed E-state index contributed by atoms with van der Waals surface area (Å²) >= 11 is 0. The molecule has 0 aliphatic rings. The van der Waals surface area contributed by atoms with Crippen LogP contribution in [0.3, 0.4) is 0 Å². The van der Waals surface area contributed by atoms with Crippen LogP contribution >= 0.6 is 0 Å². The number of methoxy groups -OCH3 is 1. The molecule has 1 amide bonds. The van der Waals surface area contributed by atoms with Crippen molar-refractivity contribution in [3.8, 4) is 0 Å². The van der Waals surface area contributed by atoms with E-state index in [4.69, 9.17) is 4.74 Å². The smallest absolute Gasteiger partial charge is 0.408 e. The van der Waals surface area contributed by atoms with Gasteiger partial charge in [0.2, 0.25) is 0 Å². The first-order valence-electron chi connectivity index (χ1n) is 5.46. The van der Waals surface area contributed by atoms with Gasteiger partial charge in [-0.25, -0.2) is 9.59 Å². The topological polar surface area (TPSA) is 84.9 Å². The van der Waals surface area contributed by atoms with Crippen LogP contribution in [0.5, 0.6) is 0 Å². The number of hydrogen-bond donors (Lipinski definition) is 2. The van der Waals surface area contributed by atoms with Gasteiger partial charge in [0.05, 0.1) is 13.2 Å². The van der Waals surface area contributed by atoms with Crippen LogP contribution in [0.4, 0.5) is 4.79 Å². The zero-order valence-electron chi connectivity index (χ0n) is 10.9. The summed E-state index contributed by atoms with van der Waals surface area (Å²) in [4.78, 5) is 22.8. The molecule has 6 heteroatoms. The van der Waals surface area contributed by atoms with Crippen LogP contribution in [-0.2, 0) is 14.3 Å². The van der Waals surface area contributed by atoms with Gasteiger partial charge in [-0.1, -0.05) is 6.92 Å². The lowest BCUT2D eigenvalue weighted by atomic mass is 10.1. The lowest BCUT2D eigenvalue weighted by Crippen LogP contribution is -2.50. The van der Waals surface area contributed by atoms with Crippen LogP contribution in [0.2, 0.25) is 0 Å². The second kappa shape index (κ2) is 6.44. The first kappa shape index (κ1) is 15.7. The third kappa shape index (κ3) is 6.11. The Morgan fingerprint density at radius 1 is 1.35 bits per heavy atom. The fourth-order valence-corrected chi connectivity index (χ4v) is 1.11. The van der Waals surface area contributed by atoms with E-state index in [2.05, 4.69) is 10.1 Å². The Hall–Kier alpha value is -1.30. The highest BCUT2D eigenvalue weighted by Gasteiger charge is 2.30. The maximum absolute atomic E-state index is 11.5. The maximum Gasteiger partial charge on any atom is 0.408 e. The van der Waals surface area contributed by atoms with Gasteiger partial charge in [-0.15, -0.1) is 0 Å². The van der Waals surface area contributed by atoms with E-state index in [0.717, 1.165) is 0 Å². The molecule has 0 aromatic rings. The number of aliphatic hydroxyl groups excluding tert-OH is 1. The van der Waals surface area contributed by atoms with Crippen molar-refractivity contribution in [1.82, 2.24) is 5.32 Å². The molecule has 0 aromatic heterocycles. The number of carbonyl (C=O) groups is 2. The molecule has 0 aliphatic heterocycles. The van der Waals surface area contributed by atoms with Crippen molar-refractivity contribution < 1.29 is 24.2 Å². The largest absolute Gasteiger partial charge is 0.467 e. The number of ether oxygens (including phenoxy) is 2. The number of carbonyl (C=O) groups excluding carboxylic acids is 2. The Labute approximate surface area is 101 Å². The van der Waals surface area contributed by atoms with E-state index in [0.29, 0.717) is 6.42 Å². The standard InChI is InChI=1S/C11H21NO5/c1-6-7(13)8(9(14)16-5)12-10(15)17-11(2,3)4/h7-8,13H,6H2,1-5H3,(H,12,15). The van der Waals surface area contributed by atoms with Crippen LogP contribution in [0.1, 0.15) is 34.1 Å². The van der Waals surface area contributed by atoms with Gasteiger partial charge in [0.25, 0.3) is 0 Å². The Bertz CT molecular complexity index is 272. The summed E-state index contributed by atoms with van der Waals surface area (Å²) in [6.45, 7) is 6.80. The lowest BCUT2D eigenvalue weighted by molar-refractivity contribution is -0.146. The van der Waals surface area contributed by atoms with Gasteiger partial charge in [-0.2, -0.15) is 0 Å². The third-order valence-corrected chi connectivity index (χ3v) is 1.93. The molecule has 0 rings (SSSR count). The van der Waals surface area contributed by atoms with Crippen LogP contribution in [-0.4, -0.2) is 42.0 Å². The van der Waals surface area contributed by atoms with E-state index in [9.17, 15) is 14.7 Å². The fraction of sp³-hybridized carbons (Fsp3) is 0.818. The molecule has 0 aromatic carbocycles. The van der Waals surface area contributed by atoms with Gasteiger partial charge in [-0.3, -0.25) is 0 Å². The number of nitrogens with one attached hydrogen (secondary N) is 1. The maximum atomic E-state index is 11.5. The van der Waals surface area contributed by atoms with Gasteiger partial charge in [0.1, 0.15) is 5.60 Å². The lowest BCUT2D eigenvalue weighted by Gasteiger charge is -2.24. The van der Waals surface area contributed by atoms with Crippen molar-refractivity contribution >= 4 is 12.1 Å². The fourth-order valence-electron chi connectivity index (χ4n) is 1.11. The Balaban J connectivity index is 4.54. The summed E-state index contributed by atoms with van der Waals surface area (Å²) in [6.07, 6.45) is -1.45.